The molecule has 1 unspecified atom stereocenters. The first-order chi connectivity index (χ1) is 14.8. The number of likely N-dealkylation sites (tertiary alicyclic amines) is 1. The minimum Gasteiger partial charge on any atom is -0.480 e. The van der Waals surface area contributed by atoms with E-state index in [0.717, 1.165) is 16.7 Å². The predicted molar refractivity (Wildman–Crippen MR) is 115 cm³/mol. The number of carboxylic acid groups (broad SMARTS) is 1. The third kappa shape index (κ3) is 4.58. The number of nitrogens with one attached hydrogen (secondary N) is 1. The summed E-state index contributed by atoms with van der Waals surface area (Å²) in [5.74, 6) is -1.79. The molecule has 2 atom stereocenters. The van der Waals surface area contributed by atoms with E-state index in [1.54, 1.807) is 31.2 Å². The molecule has 0 bridgehead atoms. The van der Waals surface area contributed by atoms with Crippen molar-refractivity contribution in [2.24, 2.45) is 0 Å². The Morgan fingerprint density at radius 1 is 1.19 bits per heavy atom. The number of carbonyl (C=O) groups is 3. The van der Waals surface area contributed by atoms with Crippen LogP contribution < -0.4 is 5.32 Å². The molecule has 1 fully saturated rings. The van der Waals surface area contributed by atoms with Crippen molar-refractivity contribution in [3.63, 3.8) is 0 Å². The summed E-state index contributed by atoms with van der Waals surface area (Å²) >= 11 is 0. The monoisotopic (exact) mass is 419 g/mol. The number of nitriles is 1. The molecule has 2 amide bonds. The highest BCUT2D eigenvalue weighted by Gasteiger charge is 2.45. The van der Waals surface area contributed by atoms with Gasteiger partial charge in [0.25, 0.3) is 0 Å². The number of rotatable bonds is 6. The Balaban J connectivity index is 1.75. The van der Waals surface area contributed by atoms with Crippen LogP contribution in [-0.4, -0.2) is 45.9 Å². The van der Waals surface area contributed by atoms with Crippen molar-refractivity contribution >= 4 is 17.8 Å². The molecule has 1 saturated heterocycles. The molecule has 0 spiro atoms. The molecule has 1 aliphatic heterocycles. The molecule has 0 radical (unpaired) electrons. The Morgan fingerprint density at radius 2 is 1.87 bits per heavy atom. The Labute approximate surface area is 181 Å². The van der Waals surface area contributed by atoms with Crippen molar-refractivity contribution in [3.05, 3.63) is 59.7 Å². The lowest BCUT2D eigenvalue weighted by molar-refractivity contribution is -0.146. The van der Waals surface area contributed by atoms with Crippen molar-refractivity contribution in [2.45, 2.75) is 44.7 Å². The van der Waals surface area contributed by atoms with Crippen molar-refractivity contribution in [1.82, 2.24) is 10.2 Å². The first-order valence-corrected chi connectivity index (χ1v) is 10.2. The van der Waals surface area contributed by atoms with Crippen LogP contribution in [0.4, 0.5) is 0 Å². The zero-order valence-electron chi connectivity index (χ0n) is 17.6. The summed E-state index contributed by atoms with van der Waals surface area (Å²) in [6.45, 7) is 3.58. The van der Waals surface area contributed by atoms with E-state index < -0.39 is 23.5 Å². The number of amides is 2. The molecular weight excluding hydrogens is 394 g/mol. The summed E-state index contributed by atoms with van der Waals surface area (Å²) in [5.41, 5.74) is 1.92. The Morgan fingerprint density at radius 3 is 2.48 bits per heavy atom. The van der Waals surface area contributed by atoms with Crippen LogP contribution in [-0.2, 0) is 20.8 Å². The molecular formula is C24H25N3O4. The van der Waals surface area contributed by atoms with Crippen molar-refractivity contribution < 1.29 is 19.5 Å². The lowest BCUT2D eigenvalue weighted by atomic mass is 9.95. The number of aliphatic carboxylic acids is 1. The van der Waals surface area contributed by atoms with Gasteiger partial charge in [-0.1, -0.05) is 42.5 Å². The Kier molecular flexibility index (Phi) is 6.40. The molecule has 0 aromatic heterocycles. The second-order valence-corrected chi connectivity index (χ2v) is 7.97. The van der Waals surface area contributed by atoms with E-state index in [1.165, 1.54) is 11.8 Å². The molecule has 2 N–H and O–H groups in total. The van der Waals surface area contributed by atoms with Gasteiger partial charge in [0.15, 0.2) is 0 Å². The maximum atomic E-state index is 12.9. The van der Waals surface area contributed by atoms with E-state index in [0.29, 0.717) is 24.9 Å². The fourth-order valence-corrected chi connectivity index (χ4v) is 4.11. The van der Waals surface area contributed by atoms with Crippen LogP contribution in [0.5, 0.6) is 0 Å². The van der Waals surface area contributed by atoms with Gasteiger partial charge in [0.2, 0.25) is 11.8 Å². The molecule has 1 aliphatic rings. The van der Waals surface area contributed by atoms with Crippen LogP contribution in [0.25, 0.3) is 11.1 Å². The predicted octanol–water partition coefficient (Wildman–Crippen LogP) is 2.74. The summed E-state index contributed by atoms with van der Waals surface area (Å²) < 4.78 is 0. The van der Waals surface area contributed by atoms with Gasteiger partial charge in [-0.2, -0.15) is 5.26 Å². The molecule has 3 rings (SSSR count). The van der Waals surface area contributed by atoms with E-state index in [4.69, 9.17) is 0 Å². The van der Waals surface area contributed by atoms with Gasteiger partial charge in [-0.3, -0.25) is 9.59 Å². The first-order valence-electron chi connectivity index (χ1n) is 10.2. The molecule has 7 heteroatoms. The van der Waals surface area contributed by atoms with E-state index in [9.17, 15) is 24.8 Å². The number of benzene rings is 2. The molecule has 2 aromatic carbocycles. The highest BCUT2D eigenvalue weighted by molar-refractivity contribution is 5.93. The smallest absolute Gasteiger partial charge is 0.326 e. The van der Waals surface area contributed by atoms with Gasteiger partial charge in [-0.25, -0.2) is 4.79 Å². The first kappa shape index (κ1) is 22.0. The molecule has 7 nitrogen and oxygen atoms in total. The molecule has 0 saturated carbocycles. The molecule has 2 aromatic rings. The summed E-state index contributed by atoms with van der Waals surface area (Å²) in [6, 6.07) is 15.6. The van der Waals surface area contributed by atoms with Gasteiger partial charge in [0, 0.05) is 19.9 Å². The molecule has 0 aliphatic carbocycles. The maximum Gasteiger partial charge on any atom is 0.326 e. The number of nitrogens with zero attached hydrogens (tertiary/aromatic N) is 2. The second-order valence-electron chi connectivity index (χ2n) is 7.97. The number of carboxylic acids is 1. The maximum absolute atomic E-state index is 12.9. The van der Waals surface area contributed by atoms with Crippen LogP contribution >= 0.6 is 0 Å². The Bertz CT molecular complexity index is 1040. The topological polar surface area (TPSA) is 111 Å². The van der Waals surface area contributed by atoms with Crippen molar-refractivity contribution in [3.8, 4) is 17.2 Å². The van der Waals surface area contributed by atoms with Gasteiger partial charge in [-0.05, 0) is 42.5 Å². The average molecular weight is 419 g/mol. The number of carbonyl (C=O) groups excluding carboxylic acids is 2. The third-order valence-corrected chi connectivity index (χ3v) is 5.87. The largest absolute Gasteiger partial charge is 0.480 e. The minimum atomic E-state index is -1.14. The van der Waals surface area contributed by atoms with Crippen LogP contribution in [0.3, 0.4) is 0 Å². The van der Waals surface area contributed by atoms with Crippen molar-refractivity contribution in [1.29, 1.82) is 5.26 Å². The zero-order chi connectivity index (χ0) is 22.6. The van der Waals surface area contributed by atoms with Crippen molar-refractivity contribution in [2.75, 3.05) is 6.54 Å². The Hall–Kier alpha value is -3.66. The fraction of sp³-hybridized carbons (Fsp3) is 0.333. The van der Waals surface area contributed by atoms with E-state index in [2.05, 4.69) is 11.4 Å². The highest BCUT2D eigenvalue weighted by atomic mass is 16.4. The minimum absolute atomic E-state index is 0.109. The lowest BCUT2D eigenvalue weighted by Gasteiger charge is -2.34. The van der Waals surface area contributed by atoms with Crippen LogP contribution in [0.1, 0.15) is 37.8 Å². The van der Waals surface area contributed by atoms with Crippen LogP contribution in [0.2, 0.25) is 0 Å². The quantitative estimate of drug-likeness (QED) is 0.748. The standard InChI is InChI=1S/C24H25N3O4/c1-16(28)27-13-5-12-24(27,2)23(31)26-21(22(29)30)14-17-8-10-18(11-9-17)20-7-4-3-6-19(20)15-25/h3-4,6-11,21H,5,12-14H2,1-2H3,(H,26,31)(H,29,30)/t21?,24-/m0/s1. The van der Waals surface area contributed by atoms with Gasteiger partial charge in [-0.15, -0.1) is 0 Å². The van der Waals surface area contributed by atoms with Gasteiger partial charge in [0.05, 0.1) is 11.6 Å². The van der Waals surface area contributed by atoms with Crippen LogP contribution in [0, 0.1) is 11.3 Å². The van der Waals surface area contributed by atoms with Gasteiger partial charge < -0.3 is 15.3 Å². The van der Waals surface area contributed by atoms with Gasteiger partial charge in [0.1, 0.15) is 11.6 Å². The van der Waals surface area contributed by atoms with E-state index in [-0.39, 0.29) is 12.3 Å². The van der Waals surface area contributed by atoms with E-state index >= 15 is 0 Å². The zero-order valence-corrected chi connectivity index (χ0v) is 17.6. The SMILES string of the molecule is CC(=O)N1CCC[C@@]1(C)C(=O)NC(Cc1ccc(-c2ccccc2C#N)cc1)C(=O)O. The lowest BCUT2D eigenvalue weighted by Crippen LogP contribution is -2.58. The molecule has 31 heavy (non-hydrogen) atoms. The average Bonchev–Trinajstić information content (AvgIpc) is 3.17. The number of hydrogen-bond acceptors (Lipinski definition) is 4. The summed E-state index contributed by atoms with van der Waals surface area (Å²) in [5, 5.41) is 21.6. The second kappa shape index (κ2) is 9.00. The van der Waals surface area contributed by atoms with E-state index in [1.807, 2.05) is 24.3 Å². The van der Waals surface area contributed by atoms with Gasteiger partial charge >= 0.3 is 5.97 Å². The molecule has 160 valence electrons. The summed E-state index contributed by atoms with van der Waals surface area (Å²) in [4.78, 5) is 38.1. The fourth-order valence-electron chi connectivity index (χ4n) is 4.11. The summed E-state index contributed by atoms with van der Waals surface area (Å²) in [6.07, 6.45) is 1.31. The third-order valence-electron chi connectivity index (χ3n) is 5.87. The normalized spacial score (nSPS) is 18.8. The van der Waals surface area contributed by atoms with Crippen LogP contribution in [0.15, 0.2) is 48.5 Å². The highest BCUT2D eigenvalue weighted by Crippen LogP contribution is 2.29. The molecule has 1 heterocycles. The number of hydrogen-bond donors (Lipinski definition) is 2. The summed E-state index contributed by atoms with van der Waals surface area (Å²) in [7, 11) is 0.